The monoisotopic (exact) mass is 291 g/mol. The Balaban J connectivity index is 2.66. The number of anilines is 1. The molecule has 0 saturated carbocycles. The van der Waals surface area contributed by atoms with E-state index in [9.17, 15) is 0 Å². The standard InChI is InChI=1S/C14H21N5S/c1-11(20-14(15-2)19(5)6)16-17-12-7-9-13(10-8-12)18(3)4/h7-10H,1H2,2-6H3. The highest BCUT2D eigenvalue weighted by Gasteiger charge is 2.04. The molecule has 5 nitrogen and oxygen atoms in total. The van der Waals surface area contributed by atoms with Crippen molar-refractivity contribution in [2.45, 2.75) is 0 Å². The zero-order valence-corrected chi connectivity index (χ0v) is 13.5. The molecule has 1 aromatic rings. The van der Waals surface area contributed by atoms with Gasteiger partial charge in [0.15, 0.2) is 5.17 Å². The molecule has 0 aliphatic rings. The molecule has 0 radical (unpaired) electrons. The van der Waals surface area contributed by atoms with E-state index in [-0.39, 0.29) is 0 Å². The van der Waals surface area contributed by atoms with E-state index in [0.717, 1.165) is 16.5 Å². The van der Waals surface area contributed by atoms with Crippen molar-refractivity contribution < 1.29 is 0 Å². The predicted molar refractivity (Wildman–Crippen MR) is 89.1 cm³/mol. The molecule has 0 bridgehead atoms. The Bertz CT molecular complexity index is 503. The van der Waals surface area contributed by atoms with Crippen molar-refractivity contribution in [2.24, 2.45) is 15.2 Å². The lowest BCUT2D eigenvalue weighted by Gasteiger charge is -2.13. The molecule has 0 aliphatic heterocycles. The second-order valence-corrected chi connectivity index (χ2v) is 5.55. The van der Waals surface area contributed by atoms with E-state index >= 15 is 0 Å². The van der Waals surface area contributed by atoms with Gasteiger partial charge in [0.2, 0.25) is 0 Å². The molecule has 0 N–H and O–H groups in total. The highest BCUT2D eigenvalue weighted by Crippen LogP contribution is 2.22. The maximum atomic E-state index is 4.17. The molecule has 20 heavy (non-hydrogen) atoms. The minimum atomic E-state index is 0.607. The van der Waals surface area contributed by atoms with Crippen LogP contribution in [0.15, 0.2) is 51.1 Å². The normalized spacial score (nSPS) is 11.8. The highest BCUT2D eigenvalue weighted by molar-refractivity contribution is 8.17. The molecular weight excluding hydrogens is 270 g/mol. The smallest absolute Gasteiger partial charge is 0.164 e. The average molecular weight is 291 g/mol. The fourth-order valence-electron chi connectivity index (χ4n) is 1.39. The van der Waals surface area contributed by atoms with Crippen LogP contribution < -0.4 is 4.90 Å². The third kappa shape index (κ3) is 5.05. The van der Waals surface area contributed by atoms with Crippen molar-refractivity contribution >= 4 is 28.3 Å². The van der Waals surface area contributed by atoms with Crippen LogP contribution in [0.25, 0.3) is 0 Å². The molecule has 0 atom stereocenters. The van der Waals surface area contributed by atoms with Gasteiger partial charge < -0.3 is 9.80 Å². The molecular formula is C14H21N5S. The van der Waals surface area contributed by atoms with Crippen LogP contribution in [0.3, 0.4) is 0 Å². The predicted octanol–water partition coefficient (Wildman–Crippen LogP) is 3.59. The van der Waals surface area contributed by atoms with E-state index in [2.05, 4.69) is 21.8 Å². The van der Waals surface area contributed by atoms with E-state index < -0.39 is 0 Å². The second kappa shape index (κ2) is 7.69. The largest absolute Gasteiger partial charge is 0.378 e. The number of rotatable bonds is 4. The van der Waals surface area contributed by atoms with Gasteiger partial charge in [-0.25, -0.2) is 0 Å². The van der Waals surface area contributed by atoms with Crippen molar-refractivity contribution in [1.29, 1.82) is 0 Å². The summed E-state index contributed by atoms with van der Waals surface area (Å²) in [5.74, 6) is 0. The van der Waals surface area contributed by atoms with Crippen molar-refractivity contribution in [3.63, 3.8) is 0 Å². The van der Waals surface area contributed by atoms with Crippen molar-refractivity contribution in [2.75, 3.05) is 40.1 Å². The number of azo groups is 1. The topological polar surface area (TPSA) is 43.6 Å². The summed E-state index contributed by atoms with van der Waals surface area (Å²) in [6.07, 6.45) is 0. The van der Waals surface area contributed by atoms with Crippen molar-refractivity contribution in [3.05, 3.63) is 35.9 Å². The van der Waals surface area contributed by atoms with Gasteiger partial charge in [0.25, 0.3) is 0 Å². The average Bonchev–Trinajstić information content (AvgIpc) is 2.42. The summed E-state index contributed by atoms with van der Waals surface area (Å²) in [5, 5.41) is 9.73. The Morgan fingerprint density at radius 2 is 1.70 bits per heavy atom. The van der Waals surface area contributed by atoms with Crippen LogP contribution in [0, 0.1) is 0 Å². The van der Waals surface area contributed by atoms with Gasteiger partial charge in [-0.2, -0.15) is 5.11 Å². The number of amidine groups is 1. The molecule has 6 heteroatoms. The van der Waals surface area contributed by atoms with Crippen LogP contribution in [0.1, 0.15) is 0 Å². The number of thioether (sulfide) groups is 1. The van der Waals surface area contributed by atoms with Gasteiger partial charge in [-0.15, -0.1) is 5.11 Å². The molecule has 0 aliphatic carbocycles. The fourth-order valence-corrected chi connectivity index (χ4v) is 1.96. The van der Waals surface area contributed by atoms with Gasteiger partial charge in [-0.05, 0) is 36.0 Å². The number of aliphatic imine (C=N–C) groups is 1. The van der Waals surface area contributed by atoms with Crippen LogP contribution in [-0.4, -0.2) is 45.3 Å². The maximum absolute atomic E-state index is 4.17. The van der Waals surface area contributed by atoms with Gasteiger partial charge in [-0.1, -0.05) is 6.58 Å². The van der Waals surface area contributed by atoms with Gasteiger partial charge in [0.05, 0.1) is 5.69 Å². The van der Waals surface area contributed by atoms with Gasteiger partial charge in [0.1, 0.15) is 5.03 Å². The zero-order chi connectivity index (χ0) is 15.1. The summed E-state index contributed by atoms with van der Waals surface area (Å²) >= 11 is 1.39. The molecule has 0 aromatic heterocycles. The third-order valence-corrected chi connectivity index (χ3v) is 3.47. The first kappa shape index (κ1) is 16.2. The lowest BCUT2D eigenvalue weighted by molar-refractivity contribution is 0.635. The molecule has 1 aromatic carbocycles. The van der Waals surface area contributed by atoms with Crippen LogP contribution >= 0.6 is 11.8 Å². The molecule has 0 spiro atoms. The van der Waals surface area contributed by atoms with Gasteiger partial charge in [-0.3, -0.25) is 4.99 Å². The lowest BCUT2D eigenvalue weighted by Crippen LogP contribution is -2.18. The second-order valence-electron chi connectivity index (χ2n) is 4.51. The molecule has 1 rings (SSSR count). The lowest BCUT2D eigenvalue weighted by atomic mass is 10.3. The molecule has 0 amide bonds. The maximum Gasteiger partial charge on any atom is 0.164 e. The van der Waals surface area contributed by atoms with E-state index in [4.69, 9.17) is 0 Å². The Morgan fingerprint density at radius 1 is 1.10 bits per heavy atom. The number of hydrogen-bond donors (Lipinski definition) is 0. The zero-order valence-electron chi connectivity index (χ0n) is 12.7. The summed E-state index contributed by atoms with van der Waals surface area (Å²) in [6, 6.07) is 7.86. The SMILES string of the molecule is C=C(N=Nc1ccc(N(C)C)cc1)SC(=NC)N(C)C. The van der Waals surface area contributed by atoms with Crippen LogP contribution in [0.5, 0.6) is 0 Å². The Kier molecular flexibility index (Phi) is 6.24. The number of nitrogens with zero attached hydrogens (tertiary/aromatic N) is 5. The molecule has 0 unspecified atom stereocenters. The molecule has 0 heterocycles. The van der Waals surface area contributed by atoms with Gasteiger partial charge in [0, 0.05) is 40.9 Å². The first-order valence-corrected chi connectivity index (χ1v) is 6.95. The van der Waals surface area contributed by atoms with Gasteiger partial charge >= 0.3 is 0 Å². The van der Waals surface area contributed by atoms with E-state index in [0.29, 0.717) is 5.03 Å². The van der Waals surface area contributed by atoms with Crippen LogP contribution in [-0.2, 0) is 0 Å². The Morgan fingerprint density at radius 3 is 2.15 bits per heavy atom. The Labute approximate surface area is 125 Å². The van der Waals surface area contributed by atoms with Crippen molar-refractivity contribution in [1.82, 2.24) is 4.90 Å². The van der Waals surface area contributed by atoms with Crippen LogP contribution in [0.2, 0.25) is 0 Å². The van der Waals surface area contributed by atoms with Crippen LogP contribution in [0.4, 0.5) is 11.4 Å². The fraction of sp³-hybridized carbons (Fsp3) is 0.357. The summed E-state index contributed by atoms with van der Waals surface area (Å²) in [7, 11) is 9.61. The summed E-state index contributed by atoms with van der Waals surface area (Å²) < 4.78 is 0. The third-order valence-electron chi connectivity index (χ3n) is 2.43. The minimum absolute atomic E-state index is 0.607. The minimum Gasteiger partial charge on any atom is -0.378 e. The Hall–Kier alpha value is -1.82. The summed E-state index contributed by atoms with van der Waals surface area (Å²) in [6.45, 7) is 3.87. The molecule has 0 saturated heterocycles. The molecule has 0 fully saturated rings. The number of benzene rings is 1. The molecule has 108 valence electrons. The first-order valence-electron chi connectivity index (χ1n) is 6.14. The van der Waals surface area contributed by atoms with Crippen molar-refractivity contribution in [3.8, 4) is 0 Å². The summed E-state index contributed by atoms with van der Waals surface area (Å²) in [5.41, 5.74) is 1.93. The first-order chi connectivity index (χ1) is 9.43. The number of hydrogen-bond acceptors (Lipinski definition) is 5. The summed E-state index contributed by atoms with van der Waals surface area (Å²) in [4.78, 5) is 8.10. The van der Waals surface area contributed by atoms with E-state index in [1.165, 1.54) is 11.8 Å². The van der Waals surface area contributed by atoms with E-state index in [1.54, 1.807) is 7.05 Å². The van der Waals surface area contributed by atoms with E-state index in [1.807, 2.05) is 62.3 Å². The quantitative estimate of drug-likeness (QED) is 0.484. The highest BCUT2D eigenvalue weighted by atomic mass is 32.2.